The van der Waals surface area contributed by atoms with Gasteiger partial charge in [-0.15, -0.1) is 0 Å². The third kappa shape index (κ3) is 2.59. The van der Waals surface area contributed by atoms with Crippen LogP contribution >= 0.6 is 0 Å². The van der Waals surface area contributed by atoms with Crippen molar-refractivity contribution in [3.05, 3.63) is 52.7 Å². The Kier molecular flexibility index (Phi) is 3.33. The minimum Gasteiger partial charge on any atom is -0.358 e. The molecule has 3 aromatic rings. The molecule has 21 heavy (non-hydrogen) atoms. The molecule has 0 saturated carbocycles. The van der Waals surface area contributed by atoms with Gasteiger partial charge in [-0.25, -0.2) is 14.4 Å². The summed E-state index contributed by atoms with van der Waals surface area (Å²) in [5, 5.41) is 4.37. The standard InChI is InChI=1S/C16H17FN4/c1-9-4-12(6-18-16-19-7-13(17)8-20-16)15-14(5-9)10(2)11(3)21-15/h4-5,7-8,21H,6H2,1-3H3,(H,18,19,20). The molecule has 0 aliphatic heterocycles. The molecule has 2 N–H and O–H groups in total. The SMILES string of the molecule is Cc1cc(CNc2ncc(F)cn2)c2[nH]c(C)c(C)c2c1. The zero-order valence-corrected chi connectivity index (χ0v) is 12.3. The summed E-state index contributed by atoms with van der Waals surface area (Å²) in [6.45, 7) is 6.86. The molecule has 4 nitrogen and oxygen atoms in total. The van der Waals surface area contributed by atoms with Crippen LogP contribution in [0.2, 0.25) is 0 Å². The first-order chi connectivity index (χ1) is 10.0. The van der Waals surface area contributed by atoms with Crippen LogP contribution < -0.4 is 5.32 Å². The number of aromatic nitrogens is 3. The lowest BCUT2D eigenvalue weighted by molar-refractivity contribution is 0.614. The van der Waals surface area contributed by atoms with Crippen LogP contribution in [-0.4, -0.2) is 15.0 Å². The smallest absolute Gasteiger partial charge is 0.223 e. The monoisotopic (exact) mass is 284 g/mol. The molecule has 0 bridgehead atoms. The predicted molar refractivity (Wildman–Crippen MR) is 81.8 cm³/mol. The van der Waals surface area contributed by atoms with E-state index in [-0.39, 0.29) is 0 Å². The Morgan fingerprint density at radius 2 is 1.86 bits per heavy atom. The summed E-state index contributed by atoms with van der Waals surface area (Å²) in [6, 6.07) is 4.32. The average Bonchev–Trinajstić information content (AvgIpc) is 2.74. The van der Waals surface area contributed by atoms with E-state index in [1.165, 1.54) is 22.2 Å². The predicted octanol–water partition coefficient (Wildman–Crippen LogP) is 3.63. The molecule has 0 fully saturated rings. The van der Waals surface area contributed by atoms with Crippen LogP contribution in [0, 0.1) is 26.6 Å². The maximum absolute atomic E-state index is 12.8. The van der Waals surface area contributed by atoms with E-state index < -0.39 is 5.82 Å². The second-order valence-electron chi connectivity index (χ2n) is 5.30. The van der Waals surface area contributed by atoms with Crippen LogP contribution in [0.15, 0.2) is 24.5 Å². The van der Waals surface area contributed by atoms with Gasteiger partial charge in [0.2, 0.25) is 5.95 Å². The number of rotatable bonds is 3. The van der Waals surface area contributed by atoms with Gasteiger partial charge in [-0.2, -0.15) is 0 Å². The van der Waals surface area contributed by atoms with Crippen molar-refractivity contribution in [2.24, 2.45) is 0 Å². The van der Waals surface area contributed by atoms with Gasteiger partial charge in [0.1, 0.15) is 0 Å². The first-order valence-corrected chi connectivity index (χ1v) is 6.84. The van der Waals surface area contributed by atoms with Gasteiger partial charge in [-0.3, -0.25) is 0 Å². The lowest BCUT2D eigenvalue weighted by Gasteiger charge is -2.07. The molecule has 0 saturated heterocycles. The highest BCUT2D eigenvalue weighted by Crippen LogP contribution is 2.26. The number of benzene rings is 1. The highest BCUT2D eigenvalue weighted by Gasteiger charge is 2.09. The molecule has 0 atom stereocenters. The molecule has 0 radical (unpaired) electrons. The summed E-state index contributed by atoms with van der Waals surface area (Å²) >= 11 is 0. The van der Waals surface area contributed by atoms with Gasteiger partial charge in [0.05, 0.1) is 17.9 Å². The number of anilines is 1. The molecule has 0 aliphatic carbocycles. The Balaban J connectivity index is 1.93. The van der Waals surface area contributed by atoms with Crippen molar-refractivity contribution in [2.75, 3.05) is 5.32 Å². The zero-order chi connectivity index (χ0) is 15.0. The van der Waals surface area contributed by atoms with Crippen LogP contribution in [-0.2, 0) is 6.54 Å². The van der Waals surface area contributed by atoms with Gasteiger partial charge in [0.25, 0.3) is 0 Å². The first-order valence-electron chi connectivity index (χ1n) is 6.84. The molecule has 108 valence electrons. The minimum atomic E-state index is -0.436. The summed E-state index contributed by atoms with van der Waals surface area (Å²) in [5.41, 5.74) is 5.93. The highest BCUT2D eigenvalue weighted by atomic mass is 19.1. The fourth-order valence-corrected chi connectivity index (χ4v) is 2.51. The lowest BCUT2D eigenvalue weighted by Crippen LogP contribution is -2.04. The van der Waals surface area contributed by atoms with E-state index in [4.69, 9.17) is 0 Å². The molecule has 2 heterocycles. The maximum atomic E-state index is 12.8. The summed E-state index contributed by atoms with van der Waals surface area (Å²) in [7, 11) is 0. The van der Waals surface area contributed by atoms with Crippen molar-refractivity contribution in [3.63, 3.8) is 0 Å². The molecule has 0 amide bonds. The van der Waals surface area contributed by atoms with E-state index in [0.29, 0.717) is 12.5 Å². The molecule has 5 heteroatoms. The Morgan fingerprint density at radius 1 is 1.14 bits per heavy atom. The second kappa shape index (κ2) is 5.16. The first kappa shape index (κ1) is 13.5. The normalized spacial score (nSPS) is 11.0. The van der Waals surface area contributed by atoms with Gasteiger partial charge in [0, 0.05) is 17.6 Å². The topological polar surface area (TPSA) is 53.6 Å². The molecule has 1 aromatic carbocycles. The van der Waals surface area contributed by atoms with Crippen molar-refractivity contribution >= 4 is 16.9 Å². The number of H-pyrrole nitrogens is 1. The van der Waals surface area contributed by atoms with Crippen molar-refractivity contribution in [2.45, 2.75) is 27.3 Å². The van der Waals surface area contributed by atoms with Gasteiger partial charge in [0.15, 0.2) is 5.82 Å². The quantitative estimate of drug-likeness (QED) is 0.772. The van der Waals surface area contributed by atoms with Crippen molar-refractivity contribution in [3.8, 4) is 0 Å². The number of nitrogens with one attached hydrogen (secondary N) is 2. The highest BCUT2D eigenvalue weighted by molar-refractivity contribution is 5.88. The van der Waals surface area contributed by atoms with E-state index in [9.17, 15) is 4.39 Å². The molecule has 0 aliphatic rings. The third-order valence-corrected chi connectivity index (χ3v) is 3.70. The van der Waals surface area contributed by atoms with E-state index in [2.05, 4.69) is 53.2 Å². The fourth-order valence-electron chi connectivity index (χ4n) is 2.51. The summed E-state index contributed by atoms with van der Waals surface area (Å²) in [6.07, 6.45) is 2.31. The van der Waals surface area contributed by atoms with Crippen LogP contribution in [0.1, 0.15) is 22.4 Å². The van der Waals surface area contributed by atoms with E-state index in [1.54, 1.807) is 0 Å². The zero-order valence-electron chi connectivity index (χ0n) is 12.3. The maximum Gasteiger partial charge on any atom is 0.223 e. The number of aromatic amines is 1. The molecule has 2 aromatic heterocycles. The van der Waals surface area contributed by atoms with E-state index >= 15 is 0 Å². The molecule has 0 unspecified atom stereocenters. The summed E-state index contributed by atoms with van der Waals surface area (Å²) < 4.78 is 12.8. The number of nitrogens with zero attached hydrogens (tertiary/aromatic N) is 2. The molecular weight excluding hydrogens is 267 g/mol. The van der Waals surface area contributed by atoms with Gasteiger partial charge < -0.3 is 10.3 Å². The third-order valence-electron chi connectivity index (χ3n) is 3.70. The number of fused-ring (bicyclic) bond motifs is 1. The summed E-state index contributed by atoms with van der Waals surface area (Å²) in [4.78, 5) is 11.2. The fraction of sp³-hybridized carbons (Fsp3) is 0.250. The minimum absolute atomic E-state index is 0.422. The van der Waals surface area contributed by atoms with E-state index in [0.717, 1.165) is 23.5 Å². The number of hydrogen-bond acceptors (Lipinski definition) is 3. The summed E-state index contributed by atoms with van der Waals surface area (Å²) in [5.74, 6) is -0.0137. The average molecular weight is 284 g/mol. The van der Waals surface area contributed by atoms with Crippen molar-refractivity contribution in [1.82, 2.24) is 15.0 Å². The number of aryl methyl sites for hydroxylation is 3. The second-order valence-corrected chi connectivity index (χ2v) is 5.30. The van der Waals surface area contributed by atoms with Crippen LogP contribution in [0.3, 0.4) is 0 Å². The molecule has 3 rings (SSSR count). The van der Waals surface area contributed by atoms with Crippen molar-refractivity contribution < 1.29 is 4.39 Å². The number of halogens is 1. The lowest BCUT2D eigenvalue weighted by atomic mass is 10.0. The molecular formula is C16H17FN4. The Bertz CT molecular complexity index is 790. The van der Waals surface area contributed by atoms with E-state index in [1.807, 2.05) is 0 Å². The molecule has 0 spiro atoms. The number of hydrogen-bond donors (Lipinski definition) is 2. The largest absolute Gasteiger partial charge is 0.358 e. The Morgan fingerprint density at radius 3 is 2.57 bits per heavy atom. The van der Waals surface area contributed by atoms with Crippen LogP contribution in [0.5, 0.6) is 0 Å². The Labute approximate surface area is 122 Å². The van der Waals surface area contributed by atoms with Gasteiger partial charge in [-0.05, 0) is 38.0 Å². The van der Waals surface area contributed by atoms with Gasteiger partial charge in [-0.1, -0.05) is 11.6 Å². The van der Waals surface area contributed by atoms with Crippen molar-refractivity contribution in [1.29, 1.82) is 0 Å². The van der Waals surface area contributed by atoms with Crippen LogP contribution in [0.4, 0.5) is 10.3 Å². The van der Waals surface area contributed by atoms with Gasteiger partial charge >= 0.3 is 0 Å². The van der Waals surface area contributed by atoms with Crippen LogP contribution in [0.25, 0.3) is 10.9 Å². The Hall–Kier alpha value is -2.43.